The van der Waals surface area contributed by atoms with Gasteiger partial charge in [-0.25, -0.2) is 0 Å². The molecule has 3 N–H and O–H groups in total. The van der Waals surface area contributed by atoms with Crippen molar-refractivity contribution in [1.29, 1.82) is 0 Å². The summed E-state index contributed by atoms with van der Waals surface area (Å²) in [5, 5.41) is 9.83. The second kappa shape index (κ2) is 12.3. The third-order valence-corrected chi connectivity index (χ3v) is 5.27. The number of benzene rings is 1. The number of nitrogens with zero attached hydrogens (tertiary/aromatic N) is 2. The lowest BCUT2D eigenvalue weighted by molar-refractivity contribution is -0.121. The molecule has 1 aliphatic heterocycles. The minimum Gasteiger partial charge on any atom is -0.356 e. The van der Waals surface area contributed by atoms with E-state index in [-0.39, 0.29) is 29.9 Å². The Morgan fingerprint density at radius 2 is 1.89 bits per heavy atom. The maximum atomic E-state index is 11.7. The third-order valence-electron chi connectivity index (χ3n) is 5.27. The lowest BCUT2D eigenvalue weighted by atomic mass is 10.1. The van der Waals surface area contributed by atoms with E-state index < -0.39 is 0 Å². The van der Waals surface area contributed by atoms with E-state index >= 15 is 0 Å². The van der Waals surface area contributed by atoms with Crippen molar-refractivity contribution in [3.05, 3.63) is 35.9 Å². The average Bonchev–Trinajstić information content (AvgIpc) is 3.34. The van der Waals surface area contributed by atoms with Gasteiger partial charge in [-0.1, -0.05) is 30.3 Å². The predicted molar refractivity (Wildman–Crippen MR) is 125 cm³/mol. The fraction of sp³-hybridized carbons (Fsp3) is 0.619. The number of halogens is 1. The van der Waals surface area contributed by atoms with Crippen molar-refractivity contribution in [1.82, 2.24) is 20.9 Å². The molecule has 1 amide bonds. The van der Waals surface area contributed by atoms with Crippen molar-refractivity contribution in [2.45, 2.75) is 50.6 Å². The molecule has 7 heteroatoms. The van der Waals surface area contributed by atoms with Gasteiger partial charge in [0.15, 0.2) is 5.96 Å². The average molecular weight is 499 g/mol. The zero-order chi connectivity index (χ0) is 18.9. The summed E-state index contributed by atoms with van der Waals surface area (Å²) < 4.78 is 0. The Morgan fingerprint density at radius 3 is 2.54 bits per heavy atom. The Labute approximate surface area is 186 Å². The van der Waals surface area contributed by atoms with E-state index in [1.807, 2.05) is 0 Å². The molecule has 1 saturated carbocycles. The van der Waals surface area contributed by atoms with E-state index in [0.717, 1.165) is 51.4 Å². The quantitative estimate of drug-likeness (QED) is 0.212. The van der Waals surface area contributed by atoms with Gasteiger partial charge in [0.1, 0.15) is 0 Å². The Bertz CT molecular complexity index is 614. The summed E-state index contributed by atoms with van der Waals surface area (Å²) in [6.07, 6.45) is 6.22. The van der Waals surface area contributed by atoms with Crippen LogP contribution in [-0.4, -0.2) is 56.0 Å². The van der Waals surface area contributed by atoms with Crippen LogP contribution in [0.15, 0.2) is 35.3 Å². The number of likely N-dealkylation sites (tertiary alicyclic amines) is 1. The van der Waals surface area contributed by atoms with Crippen LogP contribution in [0, 0.1) is 0 Å². The van der Waals surface area contributed by atoms with Crippen molar-refractivity contribution in [2.24, 2.45) is 4.99 Å². The van der Waals surface area contributed by atoms with Crippen LogP contribution in [-0.2, 0) is 4.79 Å². The molecule has 0 spiro atoms. The largest absolute Gasteiger partial charge is 0.356 e. The first-order valence-electron chi connectivity index (χ1n) is 10.3. The molecule has 0 aromatic heterocycles. The summed E-state index contributed by atoms with van der Waals surface area (Å²) >= 11 is 0. The summed E-state index contributed by atoms with van der Waals surface area (Å²) in [6.45, 7) is 3.89. The number of rotatable bonds is 9. The molecule has 1 aromatic rings. The van der Waals surface area contributed by atoms with Gasteiger partial charge in [0, 0.05) is 32.6 Å². The van der Waals surface area contributed by atoms with Crippen LogP contribution in [0.3, 0.4) is 0 Å². The number of nitrogens with one attached hydrogen (secondary N) is 3. The van der Waals surface area contributed by atoms with Crippen LogP contribution in [0.2, 0.25) is 0 Å². The van der Waals surface area contributed by atoms with Gasteiger partial charge in [-0.2, -0.15) is 0 Å². The number of carbonyl (C=O) groups is 1. The molecular weight excluding hydrogens is 465 g/mol. The van der Waals surface area contributed by atoms with Crippen LogP contribution in [0.1, 0.15) is 50.1 Å². The van der Waals surface area contributed by atoms with Crippen LogP contribution in [0.25, 0.3) is 0 Å². The minimum absolute atomic E-state index is 0. The molecule has 2 fully saturated rings. The van der Waals surface area contributed by atoms with E-state index in [1.165, 1.54) is 18.4 Å². The smallest absolute Gasteiger partial charge is 0.220 e. The van der Waals surface area contributed by atoms with Crippen molar-refractivity contribution in [2.75, 3.05) is 33.2 Å². The monoisotopic (exact) mass is 499 g/mol. The van der Waals surface area contributed by atoms with Gasteiger partial charge in [-0.3, -0.25) is 14.7 Å². The van der Waals surface area contributed by atoms with E-state index in [0.29, 0.717) is 18.5 Å². The maximum absolute atomic E-state index is 11.7. The number of hydrogen-bond acceptors (Lipinski definition) is 3. The minimum atomic E-state index is 0. The van der Waals surface area contributed by atoms with Crippen molar-refractivity contribution >= 4 is 35.8 Å². The Kier molecular flexibility index (Phi) is 10.0. The topological polar surface area (TPSA) is 68.8 Å². The molecule has 1 atom stereocenters. The van der Waals surface area contributed by atoms with Crippen molar-refractivity contribution in [3.63, 3.8) is 0 Å². The highest BCUT2D eigenvalue weighted by Gasteiger charge is 2.24. The molecule has 0 radical (unpaired) electrons. The summed E-state index contributed by atoms with van der Waals surface area (Å²) in [5.41, 5.74) is 1.35. The first kappa shape index (κ1) is 22.9. The Balaban J connectivity index is 0.00000280. The molecule has 0 bridgehead atoms. The number of aliphatic imine (C=N–C) groups is 1. The normalized spacial score (nSPS) is 18.2. The number of hydrogen-bond donors (Lipinski definition) is 3. The SMILES string of the molecule is CN=C(NCCCC(=O)NC1CC1)NCC(c1ccccc1)N1CCCC1.I. The molecule has 28 heavy (non-hydrogen) atoms. The van der Waals surface area contributed by atoms with Gasteiger partial charge in [0.2, 0.25) is 5.91 Å². The molecule has 1 saturated heterocycles. The molecule has 1 unspecified atom stereocenters. The zero-order valence-corrected chi connectivity index (χ0v) is 19.2. The Hall–Kier alpha value is -1.35. The standard InChI is InChI=1S/C21H33N5O.HI/c1-22-21(23-13-7-10-20(27)25-18-11-12-18)24-16-19(26-14-5-6-15-26)17-8-3-2-4-9-17;/h2-4,8-9,18-19H,5-7,10-16H2,1H3,(H,25,27)(H2,22,23,24);1H. The summed E-state index contributed by atoms with van der Waals surface area (Å²) in [6, 6.07) is 11.5. The van der Waals surface area contributed by atoms with E-state index in [1.54, 1.807) is 7.05 Å². The lowest BCUT2D eigenvalue weighted by Gasteiger charge is -2.29. The maximum Gasteiger partial charge on any atom is 0.220 e. The molecule has 3 rings (SSSR count). The first-order valence-corrected chi connectivity index (χ1v) is 10.3. The van der Waals surface area contributed by atoms with Crippen LogP contribution in [0.4, 0.5) is 0 Å². The second-order valence-electron chi connectivity index (χ2n) is 7.49. The summed E-state index contributed by atoms with van der Waals surface area (Å²) in [4.78, 5) is 18.6. The molecule has 1 aliphatic carbocycles. The highest BCUT2D eigenvalue weighted by molar-refractivity contribution is 14.0. The predicted octanol–water partition coefficient (Wildman–Crippen LogP) is 2.67. The highest BCUT2D eigenvalue weighted by atomic mass is 127. The summed E-state index contributed by atoms with van der Waals surface area (Å²) in [7, 11) is 1.79. The number of carbonyl (C=O) groups excluding carboxylic acids is 1. The van der Waals surface area contributed by atoms with Gasteiger partial charge >= 0.3 is 0 Å². The molecular formula is C21H34IN5O. The van der Waals surface area contributed by atoms with Gasteiger partial charge in [-0.05, 0) is 50.8 Å². The van der Waals surface area contributed by atoms with Gasteiger partial charge in [0.25, 0.3) is 0 Å². The summed E-state index contributed by atoms with van der Waals surface area (Å²) in [5.74, 6) is 0.971. The van der Waals surface area contributed by atoms with Crippen molar-refractivity contribution in [3.8, 4) is 0 Å². The molecule has 6 nitrogen and oxygen atoms in total. The fourth-order valence-corrected chi connectivity index (χ4v) is 3.58. The first-order chi connectivity index (χ1) is 13.3. The van der Waals surface area contributed by atoms with Gasteiger partial charge in [-0.15, -0.1) is 24.0 Å². The number of amides is 1. The fourth-order valence-electron chi connectivity index (χ4n) is 3.58. The van der Waals surface area contributed by atoms with E-state index in [4.69, 9.17) is 0 Å². The number of guanidine groups is 1. The van der Waals surface area contributed by atoms with E-state index in [2.05, 4.69) is 56.2 Å². The van der Waals surface area contributed by atoms with Crippen molar-refractivity contribution < 1.29 is 4.79 Å². The van der Waals surface area contributed by atoms with E-state index in [9.17, 15) is 4.79 Å². The highest BCUT2D eigenvalue weighted by Crippen LogP contribution is 2.24. The second-order valence-corrected chi connectivity index (χ2v) is 7.49. The van der Waals surface area contributed by atoms with Crippen LogP contribution < -0.4 is 16.0 Å². The molecule has 1 heterocycles. The third kappa shape index (κ3) is 7.58. The lowest BCUT2D eigenvalue weighted by Crippen LogP contribution is -2.43. The van der Waals surface area contributed by atoms with Crippen LogP contribution >= 0.6 is 24.0 Å². The molecule has 156 valence electrons. The van der Waals surface area contributed by atoms with Gasteiger partial charge in [0.05, 0.1) is 6.04 Å². The molecule has 1 aromatic carbocycles. The van der Waals surface area contributed by atoms with Crippen LogP contribution in [0.5, 0.6) is 0 Å². The van der Waals surface area contributed by atoms with Gasteiger partial charge < -0.3 is 16.0 Å². The zero-order valence-electron chi connectivity index (χ0n) is 16.8. The molecule has 2 aliphatic rings. The Morgan fingerprint density at radius 1 is 1.18 bits per heavy atom.